The summed E-state index contributed by atoms with van der Waals surface area (Å²) in [5.74, 6) is 1.44. The Bertz CT molecular complexity index is 1470. The highest BCUT2D eigenvalue weighted by Crippen LogP contribution is 2.30. The van der Waals surface area contributed by atoms with E-state index in [4.69, 9.17) is 19.7 Å². The van der Waals surface area contributed by atoms with Crippen molar-refractivity contribution in [1.29, 1.82) is 5.26 Å². The largest absolute Gasteiger partial charge is 0.497 e. The van der Waals surface area contributed by atoms with Crippen LogP contribution in [0.4, 0.5) is 5.69 Å². The van der Waals surface area contributed by atoms with Crippen molar-refractivity contribution in [3.8, 4) is 17.6 Å². The van der Waals surface area contributed by atoms with Gasteiger partial charge in [0.2, 0.25) is 0 Å². The van der Waals surface area contributed by atoms with Crippen molar-refractivity contribution in [3.63, 3.8) is 0 Å². The molecule has 0 spiro atoms. The fraction of sp³-hybridized carbons (Fsp3) is 0.167. The Hall–Kier alpha value is -4.03. The summed E-state index contributed by atoms with van der Waals surface area (Å²) in [6.07, 6.45) is 0.582. The number of anilines is 1. The molecule has 0 aliphatic heterocycles. The molecule has 4 rings (SSSR count). The fourth-order valence-electron chi connectivity index (χ4n) is 3.56. The van der Waals surface area contributed by atoms with Gasteiger partial charge in [-0.15, -0.1) is 0 Å². The molecule has 0 bridgehead atoms. The second-order valence-corrected chi connectivity index (χ2v) is 9.05. The minimum atomic E-state index is -3.93. The molecule has 0 unspecified atom stereocenters. The molecule has 1 aromatic heterocycles. The van der Waals surface area contributed by atoms with Gasteiger partial charge in [-0.25, -0.2) is 13.4 Å². The van der Waals surface area contributed by atoms with Crippen LogP contribution < -0.4 is 14.2 Å². The molecule has 0 atom stereocenters. The van der Waals surface area contributed by atoms with Crippen LogP contribution in [0, 0.1) is 11.3 Å². The Morgan fingerprint density at radius 2 is 1.79 bits per heavy atom. The van der Waals surface area contributed by atoms with Gasteiger partial charge in [0.15, 0.2) is 0 Å². The van der Waals surface area contributed by atoms with Crippen LogP contribution in [0.3, 0.4) is 0 Å². The molecule has 0 aliphatic carbocycles. The first-order chi connectivity index (χ1) is 15.8. The lowest BCUT2D eigenvalue weighted by Crippen LogP contribution is -2.14. The molecule has 168 valence electrons. The average Bonchev–Trinajstić information content (AvgIpc) is 3.13. The molecule has 0 aliphatic rings. The number of sulfonamides is 1. The first-order valence-corrected chi connectivity index (χ1v) is 11.5. The first-order valence-electron chi connectivity index (χ1n) is 10.0. The molecular formula is C24H22N4O4S. The van der Waals surface area contributed by atoms with Crippen LogP contribution in [-0.4, -0.2) is 32.2 Å². The third-order valence-corrected chi connectivity index (χ3v) is 6.73. The van der Waals surface area contributed by atoms with E-state index in [-0.39, 0.29) is 10.6 Å². The molecule has 0 saturated heterocycles. The van der Waals surface area contributed by atoms with Gasteiger partial charge in [-0.1, -0.05) is 12.1 Å². The van der Waals surface area contributed by atoms with E-state index in [1.807, 2.05) is 29.8 Å². The molecule has 0 amide bonds. The monoisotopic (exact) mass is 462 g/mol. The van der Waals surface area contributed by atoms with Crippen LogP contribution >= 0.6 is 0 Å². The topological polar surface area (TPSA) is 106 Å². The van der Waals surface area contributed by atoms with Crippen LogP contribution in [0.15, 0.2) is 65.6 Å². The molecular weight excluding hydrogens is 440 g/mol. The maximum atomic E-state index is 13.1. The molecule has 0 saturated carbocycles. The number of aryl methyl sites for hydroxylation is 1. The van der Waals surface area contributed by atoms with Crippen molar-refractivity contribution in [2.75, 3.05) is 18.9 Å². The van der Waals surface area contributed by atoms with Crippen LogP contribution in [-0.2, 0) is 23.5 Å². The molecule has 1 heterocycles. The molecule has 33 heavy (non-hydrogen) atoms. The highest BCUT2D eigenvalue weighted by molar-refractivity contribution is 7.92. The van der Waals surface area contributed by atoms with Crippen molar-refractivity contribution < 1.29 is 17.9 Å². The zero-order valence-electron chi connectivity index (χ0n) is 18.4. The van der Waals surface area contributed by atoms with Crippen LogP contribution in [0.5, 0.6) is 11.5 Å². The number of nitriles is 1. The second-order valence-electron chi connectivity index (χ2n) is 7.40. The average molecular weight is 463 g/mol. The lowest BCUT2D eigenvalue weighted by Gasteiger charge is -2.13. The summed E-state index contributed by atoms with van der Waals surface area (Å²) in [7, 11) is 0.865. The van der Waals surface area contributed by atoms with E-state index < -0.39 is 10.0 Å². The van der Waals surface area contributed by atoms with Crippen molar-refractivity contribution in [2.45, 2.75) is 11.3 Å². The highest BCUT2D eigenvalue weighted by atomic mass is 32.2. The van der Waals surface area contributed by atoms with Crippen LogP contribution in [0.25, 0.3) is 11.0 Å². The molecule has 3 aromatic carbocycles. The second kappa shape index (κ2) is 8.84. The van der Waals surface area contributed by atoms with E-state index in [0.29, 0.717) is 28.9 Å². The number of hydrogen-bond donors (Lipinski definition) is 1. The Balaban J connectivity index is 1.64. The summed E-state index contributed by atoms with van der Waals surface area (Å²) >= 11 is 0. The summed E-state index contributed by atoms with van der Waals surface area (Å²) in [5.41, 5.74) is 3.56. The number of ether oxygens (including phenoxy) is 2. The van der Waals surface area contributed by atoms with Crippen molar-refractivity contribution >= 4 is 26.7 Å². The van der Waals surface area contributed by atoms with Crippen molar-refractivity contribution in [1.82, 2.24) is 9.55 Å². The van der Waals surface area contributed by atoms with Gasteiger partial charge in [-0.2, -0.15) is 5.26 Å². The van der Waals surface area contributed by atoms with Gasteiger partial charge >= 0.3 is 0 Å². The molecule has 4 aromatic rings. The van der Waals surface area contributed by atoms with E-state index in [9.17, 15) is 8.42 Å². The van der Waals surface area contributed by atoms with E-state index in [0.717, 1.165) is 16.9 Å². The van der Waals surface area contributed by atoms with E-state index >= 15 is 0 Å². The summed E-state index contributed by atoms with van der Waals surface area (Å²) in [5, 5.41) is 8.96. The third kappa shape index (κ3) is 4.47. The molecule has 9 heteroatoms. The van der Waals surface area contributed by atoms with Gasteiger partial charge in [0.05, 0.1) is 42.6 Å². The van der Waals surface area contributed by atoms with Gasteiger partial charge in [-0.05, 0) is 48.0 Å². The smallest absolute Gasteiger partial charge is 0.265 e. The van der Waals surface area contributed by atoms with E-state index in [2.05, 4.69) is 10.8 Å². The molecule has 8 nitrogen and oxygen atoms in total. The summed E-state index contributed by atoms with van der Waals surface area (Å²) in [4.78, 5) is 4.67. The maximum absolute atomic E-state index is 13.1. The number of nitrogens with zero attached hydrogens (tertiary/aromatic N) is 3. The SMILES string of the molecule is COc1ccc(OC)c(S(=O)(=O)Nc2ccc3c(c2)nc(Cc2ccc(C#N)cc2)n3C)c1. The van der Waals surface area contributed by atoms with Gasteiger partial charge in [0.1, 0.15) is 22.2 Å². The molecule has 0 fully saturated rings. The maximum Gasteiger partial charge on any atom is 0.265 e. The Morgan fingerprint density at radius 3 is 2.45 bits per heavy atom. The summed E-state index contributed by atoms with van der Waals surface area (Å²) < 4.78 is 41.1. The summed E-state index contributed by atoms with van der Waals surface area (Å²) in [6, 6.07) is 19.3. The number of hydrogen-bond acceptors (Lipinski definition) is 6. The normalized spacial score (nSPS) is 11.2. The molecule has 1 N–H and O–H groups in total. The molecule has 0 radical (unpaired) electrons. The Morgan fingerprint density at radius 1 is 1.03 bits per heavy atom. The quantitative estimate of drug-likeness (QED) is 0.447. The Kier molecular flexibility index (Phi) is 5.94. The highest BCUT2D eigenvalue weighted by Gasteiger charge is 2.21. The van der Waals surface area contributed by atoms with Gasteiger partial charge in [-0.3, -0.25) is 4.72 Å². The van der Waals surface area contributed by atoms with Crippen molar-refractivity contribution in [2.24, 2.45) is 7.05 Å². The predicted molar refractivity (Wildman–Crippen MR) is 125 cm³/mol. The minimum absolute atomic E-state index is 0.0213. The number of imidazole rings is 1. The number of fused-ring (bicyclic) bond motifs is 1. The fourth-order valence-corrected chi connectivity index (χ4v) is 4.79. The first kappa shape index (κ1) is 22.2. The Labute approximate surface area is 192 Å². The van der Waals surface area contributed by atoms with E-state index in [1.165, 1.54) is 20.3 Å². The lowest BCUT2D eigenvalue weighted by atomic mass is 10.1. The van der Waals surface area contributed by atoms with E-state index in [1.54, 1.807) is 36.4 Å². The van der Waals surface area contributed by atoms with Gasteiger partial charge in [0.25, 0.3) is 10.0 Å². The predicted octanol–water partition coefficient (Wildman–Crippen LogP) is 3.85. The standard InChI is InChI=1S/C24H22N4O4S/c1-28-21-10-8-18(27-33(29,30)23-14-19(31-2)9-11-22(23)32-3)13-20(21)26-24(28)12-16-4-6-17(15-25)7-5-16/h4-11,13-14,27H,12H2,1-3H3. The number of rotatable bonds is 7. The lowest BCUT2D eigenvalue weighted by molar-refractivity contribution is 0.392. The van der Waals surface area contributed by atoms with Crippen LogP contribution in [0.1, 0.15) is 17.0 Å². The summed E-state index contributed by atoms with van der Waals surface area (Å²) in [6.45, 7) is 0. The van der Waals surface area contributed by atoms with Crippen LogP contribution in [0.2, 0.25) is 0 Å². The number of benzene rings is 3. The van der Waals surface area contributed by atoms with Gasteiger partial charge < -0.3 is 14.0 Å². The minimum Gasteiger partial charge on any atom is -0.497 e. The zero-order chi connectivity index (χ0) is 23.6. The number of aromatic nitrogens is 2. The number of methoxy groups -OCH3 is 2. The number of nitrogens with one attached hydrogen (secondary N) is 1. The van der Waals surface area contributed by atoms with Crippen molar-refractivity contribution in [3.05, 3.63) is 77.6 Å². The third-order valence-electron chi connectivity index (χ3n) is 5.33. The van der Waals surface area contributed by atoms with Gasteiger partial charge in [0, 0.05) is 19.5 Å². The zero-order valence-corrected chi connectivity index (χ0v) is 19.2.